The molecule has 3 atom stereocenters. The molecule has 0 aromatic heterocycles. The first-order valence-corrected chi connectivity index (χ1v) is 12.1. The molecule has 174 valence electrons. The molecule has 3 unspecified atom stereocenters. The zero-order valence-electron chi connectivity index (χ0n) is 19.2. The predicted octanol–water partition coefficient (Wildman–Crippen LogP) is 4.82. The van der Waals surface area contributed by atoms with Crippen LogP contribution in [0.25, 0.3) is 0 Å². The first-order chi connectivity index (χ1) is 16.1. The molecule has 6 heteroatoms. The molecule has 1 saturated carbocycles. The molecule has 3 fully saturated rings. The van der Waals surface area contributed by atoms with Crippen LogP contribution >= 0.6 is 0 Å². The van der Waals surface area contributed by atoms with E-state index in [2.05, 4.69) is 16.3 Å². The number of fused-ring (bicyclic) bond motifs is 1. The average molecular weight is 449 g/mol. The maximum atomic E-state index is 12.9. The number of rotatable bonds is 5. The van der Waals surface area contributed by atoms with Gasteiger partial charge in [-0.25, -0.2) is 0 Å². The van der Waals surface area contributed by atoms with Crippen molar-refractivity contribution in [1.29, 1.82) is 0 Å². The van der Waals surface area contributed by atoms with Crippen molar-refractivity contribution in [3.8, 4) is 5.75 Å². The van der Waals surface area contributed by atoms with Crippen LogP contribution in [-0.4, -0.2) is 43.0 Å². The van der Waals surface area contributed by atoms with E-state index in [4.69, 9.17) is 9.47 Å². The van der Waals surface area contributed by atoms with E-state index in [0.29, 0.717) is 17.4 Å². The lowest BCUT2D eigenvalue weighted by Crippen LogP contribution is -2.46. The number of carbonyl (C=O) groups excluding carboxylic acids is 2. The van der Waals surface area contributed by atoms with Crippen molar-refractivity contribution in [1.82, 2.24) is 4.90 Å². The highest BCUT2D eigenvalue weighted by Gasteiger charge is 2.41. The number of nitrogens with one attached hydrogen (secondary N) is 1. The number of ether oxygens (including phenoxy) is 2. The number of carbonyl (C=O) groups is 2. The fraction of sp³-hybridized carbons (Fsp3) is 0.481. The molecule has 1 N–H and O–H groups in total. The number of anilines is 1. The molecule has 2 aromatic rings. The highest BCUT2D eigenvalue weighted by Crippen LogP contribution is 2.42. The van der Waals surface area contributed by atoms with E-state index in [1.807, 2.05) is 18.2 Å². The third-order valence-corrected chi connectivity index (χ3v) is 7.40. The van der Waals surface area contributed by atoms with Crippen LogP contribution in [0.5, 0.6) is 5.75 Å². The Morgan fingerprint density at radius 3 is 2.61 bits per heavy atom. The Kier molecular flexibility index (Phi) is 6.36. The number of piperidine rings is 1. The summed E-state index contributed by atoms with van der Waals surface area (Å²) in [7, 11) is 1.60. The predicted molar refractivity (Wildman–Crippen MR) is 126 cm³/mol. The number of methoxy groups -OCH3 is 1. The number of nitrogens with zero attached hydrogens (tertiary/aromatic N) is 1. The first kappa shape index (κ1) is 22.0. The molecule has 2 aromatic carbocycles. The van der Waals surface area contributed by atoms with Gasteiger partial charge in [0.25, 0.3) is 5.91 Å². The minimum atomic E-state index is -0.156. The van der Waals surface area contributed by atoms with Crippen LogP contribution in [0, 0.1) is 11.8 Å². The molecule has 2 aliphatic heterocycles. The number of hydrogen-bond acceptors (Lipinski definition) is 4. The van der Waals surface area contributed by atoms with Crippen LogP contribution in [0.3, 0.4) is 0 Å². The summed E-state index contributed by atoms with van der Waals surface area (Å²) in [6, 6.07) is 15.0. The first-order valence-electron chi connectivity index (χ1n) is 12.1. The van der Waals surface area contributed by atoms with Crippen LogP contribution in [-0.2, 0) is 9.53 Å². The molecule has 0 spiro atoms. The lowest BCUT2D eigenvalue weighted by molar-refractivity contribution is -0.138. The number of benzene rings is 2. The maximum Gasteiger partial charge on any atom is 0.255 e. The van der Waals surface area contributed by atoms with Crippen LogP contribution in [0.1, 0.15) is 60.6 Å². The van der Waals surface area contributed by atoms with Crippen molar-refractivity contribution in [2.45, 2.75) is 50.7 Å². The van der Waals surface area contributed by atoms with Crippen molar-refractivity contribution >= 4 is 17.5 Å². The van der Waals surface area contributed by atoms with Gasteiger partial charge in [0.1, 0.15) is 5.75 Å². The molecular formula is C27H32N2O4. The summed E-state index contributed by atoms with van der Waals surface area (Å²) in [5.41, 5.74) is 2.41. The highest BCUT2D eigenvalue weighted by atomic mass is 16.5. The van der Waals surface area contributed by atoms with Gasteiger partial charge < -0.3 is 19.7 Å². The third-order valence-electron chi connectivity index (χ3n) is 7.40. The van der Waals surface area contributed by atoms with Crippen LogP contribution in [0.15, 0.2) is 48.5 Å². The highest BCUT2D eigenvalue weighted by molar-refractivity contribution is 6.04. The van der Waals surface area contributed by atoms with Gasteiger partial charge in [0.15, 0.2) is 0 Å². The van der Waals surface area contributed by atoms with Crippen LogP contribution in [0.4, 0.5) is 5.69 Å². The Labute approximate surface area is 195 Å². The van der Waals surface area contributed by atoms with Gasteiger partial charge in [-0.2, -0.15) is 0 Å². The van der Waals surface area contributed by atoms with E-state index >= 15 is 0 Å². The fourth-order valence-electron chi connectivity index (χ4n) is 5.57. The Morgan fingerprint density at radius 2 is 1.85 bits per heavy atom. The van der Waals surface area contributed by atoms with Gasteiger partial charge in [-0.15, -0.1) is 0 Å². The van der Waals surface area contributed by atoms with E-state index in [1.54, 1.807) is 31.4 Å². The number of likely N-dealkylation sites (tertiary alicyclic amines) is 1. The molecule has 0 bridgehead atoms. The maximum absolute atomic E-state index is 12.9. The molecule has 1 aliphatic carbocycles. The lowest BCUT2D eigenvalue weighted by atomic mass is 9.90. The van der Waals surface area contributed by atoms with Gasteiger partial charge in [0.2, 0.25) is 5.91 Å². The Morgan fingerprint density at radius 1 is 1.06 bits per heavy atom. The van der Waals surface area contributed by atoms with E-state index in [0.717, 1.165) is 55.8 Å². The zero-order valence-corrected chi connectivity index (χ0v) is 19.2. The lowest BCUT2D eigenvalue weighted by Gasteiger charge is -2.35. The van der Waals surface area contributed by atoms with Gasteiger partial charge in [0.05, 0.1) is 19.3 Å². The van der Waals surface area contributed by atoms with Crippen molar-refractivity contribution in [3.63, 3.8) is 0 Å². The van der Waals surface area contributed by atoms with Crippen LogP contribution in [0.2, 0.25) is 0 Å². The molecule has 33 heavy (non-hydrogen) atoms. The van der Waals surface area contributed by atoms with Crippen molar-refractivity contribution in [3.05, 3.63) is 59.7 Å². The summed E-state index contributed by atoms with van der Waals surface area (Å²) in [4.78, 5) is 27.6. The Balaban J connectivity index is 1.21. The largest absolute Gasteiger partial charge is 0.497 e. The summed E-state index contributed by atoms with van der Waals surface area (Å²) in [6.45, 7) is 1.62. The molecule has 3 aliphatic rings. The zero-order chi connectivity index (χ0) is 22.8. The summed E-state index contributed by atoms with van der Waals surface area (Å²) in [5.74, 6) is 1.55. The second kappa shape index (κ2) is 9.56. The Bertz CT molecular complexity index is 999. The van der Waals surface area contributed by atoms with Crippen LogP contribution < -0.4 is 10.1 Å². The van der Waals surface area contributed by atoms with E-state index in [-0.39, 0.29) is 24.0 Å². The van der Waals surface area contributed by atoms with Gasteiger partial charge in [-0.1, -0.05) is 25.0 Å². The van der Waals surface area contributed by atoms with Crippen molar-refractivity contribution in [2.75, 3.05) is 25.5 Å². The minimum absolute atomic E-state index is 0.000582. The monoisotopic (exact) mass is 448 g/mol. The second-order valence-corrected chi connectivity index (χ2v) is 9.52. The van der Waals surface area contributed by atoms with Crippen molar-refractivity contribution < 1.29 is 19.1 Å². The molecule has 5 rings (SSSR count). The van der Waals surface area contributed by atoms with Gasteiger partial charge in [0, 0.05) is 36.2 Å². The van der Waals surface area contributed by atoms with Gasteiger partial charge in [-0.05, 0) is 67.6 Å². The smallest absolute Gasteiger partial charge is 0.255 e. The number of hydrogen-bond donors (Lipinski definition) is 1. The van der Waals surface area contributed by atoms with Crippen molar-refractivity contribution in [2.24, 2.45) is 11.8 Å². The standard InChI is InChI=1S/C27H32N2O4/c1-32-23-11-9-18(10-12-23)26(30)28-22-8-4-7-20(15-22)25-16-21-17-29(14-13-24(21)33-25)27(31)19-5-2-3-6-19/h4,7-12,15,19,21,24-25H,2-3,5-6,13-14,16-17H2,1H3,(H,28,30). The Hall–Kier alpha value is -2.86. The molecule has 2 heterocycles. The molecule has 0 radical (unpaired) electrons. The molecular weight excluding hydrogens is 416 g/mol. The normalized spacial score (nSPS) is 25.0. The quantitative estimate of drug-likeness (QED) is 0.712. The van der Waals surface area contributed by atoms with E-state index in [9.17, 15) is 9.59 Å². The summed E-state index contributed by atoms with van der Waals surface area (Å²) in [6.07, 6.45) is 6.51. The number of amides is 2. The SMILES string of the molecule is COc1ccc(C(=O)Nc2cccc(C3CC4CN(C(=O)C5CCCC5)CCC4O3)c2)cc1. The summed E-state index contributed by atoms with van der Waals surface area (Å²) >= 11 is 0. The van der Waals surface area contributed by atoms with Gasteiger partial charge in [-0.3, -0.25) is 9.59 Å². The molecule has 6 nitrogen and oxygen atoms in total. The van der Waals surface area contributed by atoms with Gasteiger partial charge >= 0.3 is 0 Å². The third kappa shape index (κ3) is 4.76. The average Bonchev–Trinajstić information content (AvgIpc) is 3.53. The topological polar surface area (TPSA) is 67.9 Å². The summed E-state index contributed by atoms with van der Waals surface area (Å²) < 4.78 is 11.6. The summed E-state index contributed by atoms with van der Waals surface area (Å²) in [5, 5.41) is 2.99. The minimum Gasteiger partial charge on any atom is -0.497 e. The van der Waals surface area contributed by atoms with E-state index in [1.165, 1.54) is 12.8 Å². The fourth-order valence-corrected chi connectivity index (χ4v) is 5.57. The molecule has 2 amide bonds. The van der Waals surface area contributed by atoms with E-state index < -0.39 is 0 Å². The second-order valence-electron chi connectivity index (χ2n) is 9.52. The molecule has 2 saturated heterocycles.